The van der Waals surface area contributed by atoms with Gasteiger partial charge in [-0.1, -0.05) is 42.1 Å². The molecule has 30 heavy (non-hydrogen) atoms. The highest BCUT2D eigenvalue weighted by molar-refractivity contribution is 7.99. The number of amides is 1. The van der Waals surface area contributed by atoms with Crippen LogP contribution >= 0.6 is 11.8 Å². The molecule has 1 N–H and O–H groups in total. The molecule has 0 aliphatic rings. The fourth-order valence-corrected chi connectivity index (χ4v) is 3.59. The first-order valence-electron chi connectivity index (χ1n) is 10.0. The van der Waals surface area contributed by atoms with Crippen LogP contribution in [0.1, 0.15) is 25.8 Å². The number of thioether (sulfide) groups is 1. The average Bonchev–Trinajstić information content (AvgIpc) is 3.15. The summed E-state index contributed by atoms with van der Waals surface area (Å²) in [6.07, 6.45) is 4.48. The number of aromatic nitrogens is 4. The Labute approximate surface area is 181 Å². The minimum Gasteiger partial charge on any atom is -0.379 e. The number of carbonyl (C=O) groups is 1. The number of ether oxygens (including phenoxy) is 1. The largest absolute Gasteiger partial charge is 0.379 e. The van der Waals surface area contributed by atoms with Gasteiger partial charge in [-0.05, 0) is 38.0 Å². The SMILES string of the molecule is CC(C)OCCCNC(=O)CSc1nnc(-c2ccncc2)n1Cc1ccccc1. The number of carbonyl (C=O) groups excluding carboxylic acids is 1. The lowest BCUT2D eigenvalue weighted by Gasteiger charge is -2.11. The Morgan fingerprint density at radius 1 is 1.13 bits per heavy atom. The summed E-state index contributed by atoms with van der Waals surface area (Å²) in [4.78, 5) is 16.3. The maximum Gasteiger partial charge on any atom is 0.230 e. The van der Waals surface area contributed by atoms with E-state index in [0.717, 1.165) is 23.4 Å². The third kappa shape index (κ3) is 6.67. The van der Waals surface area contributed by atoms with Crippen LogP contribution in [-0.2, 0) is 16.1 Å². The van der Waals surface area contributed by atoms with Crippen LogP contribution in [0.15, 0.2) is 60.0 Å². The second kappa shape index (κ2) is 11.5. The smallest absolute Gasteiger partial charge is 0.230 e. The molecule has 0 atom stereocenters. The molecule has 0 unspecified atom stereocenters. The van der Waals surface area contributed by atoms with Crippen molar-refractivity contribution in [2.24, 2.45) is 0 Å². The maximum absolute atomic E-state index is 12.2. The number of hydrogen-bond acceptors (Lipinski definition) is 6. The molecule has 1 aromatic carbocycles. The normalized spacial score (nSPS) is 11.0. The molecular weight excluding hydrogens is 398 g/mol. The summed E-state index contributed by atoms with van der Waals surface area (Å²) in [7, 11) is 0. The summed E-state index contributed by atoms with van der Waals surface area (Å²) in [6.45, 7) is 5.88. The zero-order valence-electron chi connectivity index (χ0n) is 17.3. The molecule has 0 saturated heterocycles. The molecule has 0 bridgehead atoms. The number of hydrogen-bond donors (Lipinski definition) is 1. The summed E-state index contributed by atoms with van der Waals surface area (Å²) in [5, 5.41) is 12.4. The first-order valence-corrected chi connectivity index (χ1v) is 11.0. The Bertz CT molecular complexity index is 916. The number of rotatable bonds is 11. The van der Waals surface area contributed by atoms with Gasteiger partial charge in [0.15, 0.2) is 11.0 Å². The van der Waals surface area contributed by atoms with Crippen LogP contribution in [-0.4, -0.2) is 50.7 Å². The summed E-state index contributed by atoms with van der Waals surface area (Å²) < 4.78 is 7.53. The van der Waals surface area contributed by atoms with Crippen LogP contribution in [0.2, 0.25) is 0 Å². The van der Waals surface area contributed by atoms with Crippen LogP contribution in [0.4, 0.5) is 0 Å². The predicted octanol–water partition coefficient (Wildman–Crippen LogP) is 3.41. The van der Waals surface area contributed by atoms with E-state index < -0.39 is 0 Å². The Balaban J connectivity index is 1.64. The molecule has 2 heterocycles. The minimum absolute atomic E-state index is 0.0238. The van der Waals surface area contributed by atoms with Crippen LogP contribution in [0.5, 0.6) is 0 Å². The van der Waals surface area contributed by atoms with E-state index in [0.29, 0.717) is 24.9 Å². The molecule has 0 fully saturated rings. The molecule has 3 aromatic rings. The topological polar surface area (TPSA) is 81.9 Å². The molecule has 8 heteroatoms. The van der Waals surface area contributed by atoms with Crippen molar-refractivity contribution in [1.82, 2.24) is 25.1 Å². The summed E-state index contributed by atoms with van der Waals surface area (Å²) in [5.74, 6) is 1.02. The van der Waals surface area contributed by atoms with E-state index >= 15 is 0 Å². The standard InChI is InChI=1S/C22H27N5O2S/c1-17(2)29-14-6-11-24-20(28)16-30-22-26-25-21(19-9-12-23-13-10-19)27(22)15-18-7-4-3-5-8-18/h3-5,7-10,12-13,17H,6,11,14-16H2,1-2H3,(H,24,28). The lowest BCUT2D eigenvalue weighted by Crippen LogP contribution is -2.27. The predicted molar refractivity (Wildman–Crippen MR) is 118 cm³/mol. The molecule has 0 spiro atoms. The number of benzene rings is 1. The van der Waals surface area contributed by atoms with Crippen molar-refractivity contribution < 1.29 is 9.53 Å². The van der Waals surface area contributed by atoms with Gasteiger partial charge in [0.25, 0.3) is 0 Å². The van der Waals surface area contributed by atoms with Gasteiger partial charge >= 0.3 is 0 Å². The van der Waals surface area contributed by atoms with E-state index in [1.807, 2.05) is 48.7 Å². The highest BCUT2D eigenvalue weighted by atomic mass is 32.2. The van der Waals surface area contributed by atoms with E-state index in [4.69, 9.17) is 4.74 Å². The van der Waals surface area contributed by atoms with Gasteiger partial charge in [0.2, 0.25) is 5.91 Å². The van der Waals surface area contributed by atoms with Gasteiger partial charge in [-0.15, -0.1) is 10.2 Å². The second-order valence-corrected chi connectivity index (χ2v) is 7.97. The van der Waals surface area contributed by atoms with Crippen LogP contribution in [0, 0.1) is 0 Å². The Hall–Kier alpha value is -2.71. The second-order valence-electron chi connectivity index (χ2n) is 7.03. The molecule has 158 valence electrons. The third-order valence-corrected chi connectivity index (χ3v) is 5.23. The monoisotopic (exact) mass is 425 g/mol. The molecule has 0 radical (unpaired) electrons. The molecule has 7 nitrogen and oxygen atoms in total. The van der Waals surface area contributed by atoms with Gasteiger partial charge in [-0.2, -0.15) is 0 Å². The average molecular weight is 426 g/mol. The van der Waals surface area contributed by atoms with Crippen molar-refractivity contribution in [3.8, 4) is 11.4 Å². The maximum atomic E-state index is 12.2. The molecule has 3 rings (SSSR count). The first-order chi connectivity index (χ1) is 14.6. The molecule has 2 aromatic heterocycles. The number of pyridine rings is 1. The zero-order chi connectivity index (χ0) is 21.2. The fourth-order valence-electron chi connectivity index (χ4n) is 2.82. The fraction of sp³-hybridized carbons (Fsp3) is 0.364. The van der Waals surface area contributed by atoms with E-state index in [1.165, 1.54) is 11.8 Å². The van der Waals surface area contributed by atoms with Crippen molar-refractivity contribution in [3.63, 3.8) is 0 Å². The van der Waals surface area contributed by atoms with Gasteiger partial charge in [0, 0.05) is 31.1 Å². The van der Waals surface area contributed by atoms with Gasteiger partial charge in [-0.3, -0.25) is 14.3 Å². The van der Waals surface area contributed by atoms with Crippen molar-refractivity contribution >= 4 is 17.7 Å². The summed E-state index contributed by atoms with van der Waals surface area (Å²) in [6, 6.07) is 14.0. The molecule has 0 aliphatic heterocycles. The quantitative estimate of drug-likeness (QED) is 0.374. The van der Waals surface area contributed by atoms with Crippen LogP contribution in [0.25, 0.3) is 11.4 Å². The van der Waals surface area contributed by atoms with E-state index in [9.17, 15) is 4.79 Å². The first kappa shape index (κ1) is 22.0. The lowest BCUT2D eigenvalue weighted by atomic mass is 10.2. The summed E-state index contributed by atoms with van der Waals surface area (Å²) in [5.41, 5.74) is 2.08. The zero-order valence-corrected chi connectivity index (χ0v) is 18.1. The van der Waals surface area contributed by atoms with Crippen LogP contribution in [0.3, 0.4) is 0 Å². The third-order valence-electron chi connectivity index (χ3n) is 4.27. The van der Waals surface area contributed by atoms with Crippen LogP contribution < -0.4 is 5.32 Å². The van der Waals surface area contributed by atoms with Crippen molar-refractivity contribution in [1.29, 1.82) is 0 Å². The number of nitrogens with one attached hydrogen (secondary N) is 1. The number of nitrogens with zero attached hydrogens (tertiary/aromatic N) is 4. The highest BCUT2D eigenvalue weighted by Gasteiger charge is 2.16. The van der Waals surface area contributed by atoms with Crippen molar-refractivity contribution in [2.45, 2.75) is 38.1 Å². The van der Waals surface area contributed by atoms with E-state index in [-0.39, 0.29) is 17.8 Å². The Morgan fingerprint density at radius 2 is 1.90 bits per heavy atom. The lowest BCUT2D eigenvalue weighted by molar-refractivity contribution is -0.118. The van der Waals surface area contributed by atoms with E-state index in [1.54, 1.807) is 12.4 Å². The van der Waals surface area contributed by atoms with Crippen molar-refractivity contribution in [3.05, 3.63) is 60.4 Å². The van der Waals surface area contributed by atoms with Gasteiger partial charge in [0.1, 0.15) is 0 Å². The highest BCUT2D eigenvalue weighted by Crippen LogP contribution is 2.24. The van der Waals surface area contributed by atoms with Crippen molar-refractivity contribution in [2.75, 3.05) is 18.9 Å². The molecule has 0 aliphatic carbocycles. The van der Waals surface area contributed by atoms with Gasteiger partial charge in [-0.25, -0.2) is 0 Å². The molecule has 0 saturated carbocycles. The Kier molecular flexibility index (Phi) is 8.41. The van der Waals surface area contributed by atoms with Gasteiger partial charge in [0.05, 0.1) is 18.4 Å². The minimum atomic E-state index is -0.0238. The molecule has 1 amide bonds. The summed E-state index contributed by atoms with van der Waals surface area (Å²) >= 11 is 1.39. The molecular formula is C22H27N5O2S. The van der Waals surface area contributed by atoms with E-state index in [2.05, 4.69) is 32.6 Å². The Morgan fingerprint density at radius 3 is 2.63 bits per heavy atom. The van der Waals surface area contributed by atoms with Gasteiger partial charge < -0.3 is 10.1 Å².